The van der Waals surface area contributed by atoms with Crippen molar-refractivity contribution in [2.24, 2.45) is 5.73 Å². The number of methoxy groups -OCH3 is 1. The Morgan fingerprint density at radius 1 is 1.37 bits per heavy atom. The number of carbonyl (C=O) groups is 2. The highest BCUT2D eigenvalue weighted by molar-refractivity contribution is 6.00. The highest BCUT2D eigenvalue weighted by Crippen LogP contribution is 2.39. The predicted molar refractivity (Wildman–Crippen MR) is 135 cm³/mol. The summed E-state index contributed by atoms with van der Waals surface area (Å²) in [6.07, 6.45) is 3.62. The van der Waals surface area contributed by atoms with Crippen molar-refractivity contribution in [3.8, 4) is 11.8 Å². The molecule has 12 heteroatoms. The molecule has 2 amide bonds. The Balaban J connectivity index is 1.55. The third-order valence-electron chi connectivity index (χ3n) is 6.91. The molecular formula is C26H27F2N7O3. The number of nitrogens with two attached hydrogens (primary N) is 1. The van der Waals surface area contributed by atoms with Gasteiger partial charge in [0.15, 0.2) is 11.5 Å². The van der Waals surface area contributed by atoms with Crippen molar-refractivity contribution in [2.75, 3.05) is 32.6 Å². The van der Waals surface area contributed by atoms with Crippen molar-refractivity contribution < 1.29 is 23.1 Å². The number of aromatic nitrogens is 4. The lowest BCUT2D eigenvalue weighted by atomic mass is 10.1. The number of rotatable bonds is 7. The maximum atomic E-state index is 15.2. The normalized spacial score (nSPS) is 18.9. The molecule has 2 atom stereocenters. The van der Waals surface area contributed by atoms with Gasteiger partial charge >= 0.3 is 0 Å². The summed E-state index contributed by atoms with van der Waals surface area (Å²) in [4.78, 5) is 33.7. The Morgan fingerprint density at radius 3 is 2.76 bits per heavy atom. The monoisotopic (exact) mass is 523 g/mol. The molecule has 3 heterocycles. The average Bonchev–Trinajstić information content (AvgIpc) is 3.34. The van der Waals surface area contributed by atoms with Crippen LogP contribution < -0.4 is 11.1 Å². The molecule has 198 valence electrons. The number of nitrogens with one attached hydrogen (secondary N) is 2. The van der Waals surface area contributed by atoms with Crippen LogP contribution in [0, 0.1) is 23.5 Å². The molecule has 3 aromatic rings. The van der Waals surface area contributed by atoms with Crippen LogP contribution in [0.5, 0.6) is 0 Å². The van der Waals surface area contributed by atoms with E-state index in [0.717, 1.165) is 18.9 Å². The van der Waals surface area contributed by atoms with E-state index < -0.39 is 23.1 Å². The average molecular weight is 524 g/mol. The number of ether oxygens (including phenoxy) is 1. The molecule has 10 nitrogen and oxygen atoms in total. The molecule has 0 radical (unpaired) electrons. The van der Waals surface area contributed by atoms with Gasteiger partial charge in [-0.2, -0.15) is 5.10 Å². The largest absolute Gasteiger partial charge is 0.383 e. The summed E-state index contributed by atoms with van der Waals surface area (Å²) in [5.74, 6) is 3.46. The van der Waals surface area contributed by atoms with E-state index in [1.54, 1.807) is 19.1 Å². The number of primary amides is 1. The molecule has 38 heavy (non-hydrogen) atoms. The maximum absolute atomic E-state index is 15.2. The van der Waals surface area contributed by atoms with Gasteiger partial charge in [-0.3, -0.25) is 9.59 Å². The lowest BCUT2D eigenvalue weighted by Crippen LogP contribution is -2.37. The molecule has 0 spiro atoms. The molecule has 0 bridgehead atoms. The summed E-state index contributed by atoms with van der Waals surface area (Å²) >= 11 is 0. The second-order valence-electron chi connectivity index (χ2n) is 9.41. The lowest BCUT2D eigenvalue weighted by Gasteiger charge is -2.22. The number of fused-ring (bicyclic) bond motifs is 1. The molecule has 2 fully saturated rings. The molecule has 1 aliphatic heterocycles. The predicted octanol–water partition coefficient (Wildman–Crippen LogP) is 2.43. The molecule has 5 rings (SSSR count). The Bertz CT molecular complexity index is 1510. The Hall–Kier alpha value is -4.24. The van der Waals surface area contributed by atoms with Gasteiger partial charge in [-0.1, -0.05) is 12.5 Å². The number of halogens is 2. The zero-order chi connectivity index (χ0) is 27.1. The van der Waals surface area contributed by atoms with Gasteiger partial charge in [0.2, 0.25) is 5.91 Å². The topological polar surface area (TPSA) is 131 Å². The molecule has 0 unspecified atom stereocenters. The number of nitrogens with zero attached hydrogens (tertiary/aromatic N) is 4. The number of imidazole rings is 1. The fourth-order valence-electron chi connectivity index (χ4n) is 4.95. The standard InChI is InChI=1S/C26H27F2N7O3/c1-4-20(36)34-11-14(9-15(34)12-38-3)35-26(30-2)21(24(29)37)18(33-35)8-7-16-17(27)10-19-23(22(16)28)32-25(31-19)13-5-6-13/h4,10,13-15,30H,1,5-6,9,11-12H2,2-3H3,(H2,29,37)(H,31,32)/t14-,15+/m0/s1. The van der Waals surface area contributed by atoms with Crippen molar-refractivity contribution in [1.29, 1.82) is 0 Å². The van der Waals surface area contributed by atoms with Crippen LogP contribution in [0.25, 0.3) is 11.0 Å². The highest BCUT2D eigenvalue weighted by atomic mass is 19.1. The number of hydrogen-bond donors (Lipinski definition) is 3. The minimum atomic E-state index is -0.888. The minimum Gasteiger partial charge on any atom is -0.383 e. The first kappa shape index (κ1) is 25.4. The van der Waals surface area contributed by atoms with Crippen LogP contribution in [0.4, 0.5) is 14.6 Å². The summed E-state index contributed by atoms with van der Waals surface area (Å²) < 4.78 is 36.9. The number of carbonyl (C=O) groups excluding carboxylic acids is 2. The van der Waals surface area contributed by atoms with Gasteiger partial charge in [0, 0.05) is 32.7 Å². The van der Waals surface area contributed by atoms with Crippen molar-refractivity contribution >= 4 is 28.7 Å². The van der Waals surface area contributed by atoms with E-state index in [4.69, 9.17) is 10.5 Å². The van der Waals surface area contributed by atoms with E-state index in [2.05, 4.69) is 38.8 Å². The third-order valence-corrected chi connectivity index (χ3v) is 6.91. The summed E-state index contributed by atoms with van der Waals surface area (Å²) in [6, 6.07) is 0.582. The number of anilines is 1. The molecular weight excluding hydrogens is 496 g/mol. The van der Waals surface area contributed by atoms with Crippen LogP contribution in [0.1, 0.15) is 58.7 Å². The van der Waals surface area contributed by atoms with Crippen LogP contribution in [-0.4, -0.2) is 69.8 Å². The van der Waals surface area contributed by atoms with Crippen LogP contribution in [0.3, 0.4) is 0 Å². The van der Waals surface area contributed by atoms with Crippen molar-refractivity contribution in [2.45, 2.75) is 37.3 Å². The Labute approximate surface area is 217 Å². The van der Waals surface area contributed by atoms with Gasteiger partial charge < -0.3 is 25.7 Å². The van der Waals surface area contributed by atoms with Crippen LogP contribution >= 0.6 is 0 Å². The number of aromatic amines is 1. The Morgan fingerprint density at radius 2 is 2.13 bits per heavy atom. The molecule has 4 N–H and O–H groups in total. The summed E-state index contributed by atoms with van der Waals surface area (Å²) in [5, 5.41) is 7.41. The summed E-state index contributed by atoms with van der Waals surface area (Å²) in [7, 11) is 3.13. The molecule has 1 saturated heterocycles. The summed E-state index contributed by atoms with van der Waals surface area (Å²) in [5.41, 5.74) is 5.38. The van der Waals surface area contributed by atoms with Gasteiger partial charge in [0.25, 0.3) is 5.91 Å². The number of H-pyrrole nitrogens is 1. The van der Waals surface area contributed by atoms with Crippen LogP contribution in [-0.2, 0) is 9.53 Å². The van der Waals surface area contributed by atoms with E-state index in [0.29, 0.717) is 18.9 Å². The number of amides is 2. The van der Waals surface area contributed by atoms with E-state index >= 15 is 4.39 Å². The third kappa shape index (κ3) is 4.39. The minimum absolute atomic E-state index is 0.0104. The van der Waals surface area contributed by atoms with E-state index in [9.17, 15) is 14.0 Å². The zero-order valence-electron chi connectivity index (χ0n) is 21.0. The van der Waals surface area contributed by atoms with Gasteiger partial charge in [-0.15, -0.1) is 0 Å². The van der Waals surface area contributed by atoms with Gasteiger partial charge in [0.05, 0.1) is 29.8 Å². The second kappa shape index (κ2) is 9.90. The zero-order valence-corrected chi connectivity index (χ0v) is 21.0. The number of hydrogen-bond acceptors (Lipinski definition) is 6. The number of likely N-dealkylation sites (tertiary alicyclic amines) is 1. The number of benzene rings is 1. The van der Waals surface area contributed by atoms with Crippen molar-refractivity contribution in [1.82, 2.24) is 24.6 Å². The molecule has 1 aromatic carbocycles. The first-order chi connectivity index (χ1) is 18.3. The molecule has 1 aliphatic carbocycles. The smallest absolute Gasteiger partial charge is 0.255 e. The van der Waals surface area contributed by atoms with Gasteiger partial charge in [-0.25, -0.2) is 18.4 Å². The van der Waals surface area contributed by atoms with E-state index in [-0.39, 0.29) is 58.6 Å². The van der Waals surface area contributed by atoms with E-state index in [1.807, 2.05) is 0 Å². The first-order valence-electron chi connectivity index (χ1n) is 12.2. The fourth-order valence-corrected chi connectivity index (χ4v) is 4.95. The second-order valence-corrected chi connectivity index (χ2v) is 9.41. The lowest BCUT2D eigenvalue weighted by molar-refractivity contribution is -0.127. The summed E-state index contributed by atoms with van der Waals surface area (Å²) in [6.45, 7) is 4.14. The van der Waals surface area contributed by atoms with Crippen molar-refractivity contribution in [3.63, 3.8) is 0 Å². The maximum Gasteiger partial charge on any atom is 0.255 e. The molecule has 2 aromatic heterocycles. The Kier molecular flexibility index (Phi) is 6.62. The first-order valence-corrected chi connectivity index (χ1v) is 12.2. The van der Waals surface area contributed by atoms with Gasteiger partial charge in [0.1, 0.15) is 28.5 Å². The SMILES string of the molecule is C=CC(=O)N1C[C@@H](n2nc(C#Cc3c(F)cc4[nH]c(C5CC5)nc4c3F)c(C(N)=O)c2NC)C[C@@H]1COC. The van der Waals surface area contributed by atoms with Crippen LogP contribution in [0.15, 0.2) is 18.7 Å². The highest BCUT2D eigenvalue weighted by Gasteiger charge is 2.38. The van der Waals surface area contributed by atoms with E-state index in [1.165, 1.54) is 10.8 Å². The fraction of sp³-hybridized carbons (Fsp3) is 0.385. The van der Waals surface area contributed by atoms with Crippen LogP contribution in [0.2, 0.25) is 0 Å². The van der Waals surface area contributed by atoms with Crippen molar-refractivity contribution in [3.05, 3.63) is 53.0 Å². The van der Waals surface area contributed by atoms with Gasteiger partial charge in [-0.05, 0) is 31.3 Å². The quantitative estimate of drug-likeness (QED) is 0.322. The molecule has 1 saturated carbocycles. The molecule has 2 aliphatic rings.